The second kappa shape index (κ2) is 7.41. The molecule has 1 saturated heterocycles. The van der Waals surface area contributed by atoms with Crippen molar-refractivity contribution in [3.05, 3.63) is 29.6 Å². The van der Waals surface area contributed by atoms with Gasteiger partial charge in [-0.1, -0.05) is 6.07 Å². The van der Waals surface area contributed by atoms with Gasteiger partial charge >= 0.3 is 0 Å². The number of ether oxygens (including phenoxy) is 1. The van der Waals surface area contributed by atoms with Gasteiger partial charge in [-0.15, -0.1) is 0 Å². The Morgan fingerprint density at radius 2 is 2.10 bits per heavy atom. The number of amides is 1. The van der Waals surface area contributed by atoms with E-state index in [1.165, 1.54) is 19.6 Å². The van der Waals surface area contributed by atoms with Crippen LogP contribution in [0.5, 0.6) is 5.75 Å². The Hall–Kier alpha value is -1.62. The van der Waals surface area contributed by atoms with Crippen LogP contribution in [0.1, 0.15) is 37.8 Å². The second-order valence-electron chi connectivity index (χ2n) is 5.44. The first-order chi connectivity index (χ1) is 10.1. The molecule has 0 radical (unpaired) electrons. The third-order valence-electron chi connectivity index (χ3n) is 3.94. The number of nitrogens with one attached hydrogen (secondary N) is 1. The van der Waals surface area contributed by atoms with E-state index in [1.807, 2.05) is 17.9 Å². The lowest BCUT2D eigenvalue weighted by molar-refractivity contribution is -0.131. The number of piperidine rings is 1. The van der Waals surface area contributed by atoms with Crippen LogP contribution in [0.4, 0.5) is 4.39 Å². The summed E-state index contributed by atoms with van der Waals surface area (Å²) in [4.78, 5) is 14.0. The lowest BCUT2D eigenvalue weighted by atomic mass is 10.1. The monoisotopic (exact) mass is 294 g/mol. The molecule has 1 heterocycles. The van der Waals surface area contributed by atoms with Crippen LogP contribution in [0, 0.1) is 5.82 Å². The van der Waals surface area contributed by atoms with Crippen molar-refractivity contribution in [2.75, 3.05) is 26.7 Å². The SMILES string of the molecule is COc1ccc(C(C)NCC(=O)N2CCCCC2)cc1F. The molecule has 116 valence electrons. The Morgan fingerprint density at radius 3 is 2.71 bits per heavy atom. The van der Waals surface area contributed by atoms with E-state index in [0.717, 1.165) is 31.5 Å². The van der Waals surface area contributed by atoms with Gasteiger partial charge in [0.05, 0.1) is 13.7 Å². The molecule has 1 aromatic rings. The maximum Gasteiger partial charge on any atom is 0.236 e. The summed E-state index contributed by atoms with van der Waals surface area (Å²) in [5.74, 6) is -0.0307. The molecule has 1 unspecified atom stereocenters. The zero-order valence-corrected chi connectivity index (χ0v) is 12.7. The van der Waals surface area contributed by atoms with Crippen LogP contribution in [0.2, 0.25) is 0 Å². The number of hydrogen-bond acceptors (Lipinski definition) is 3. The van der Waals surface area contributed by atoms with Crippen molar-refractivity contribution in [1.29, 1.82) is 0 Å². The van der Waals surface area contributed by atoms with Crippen molar-refractivity contribution in [2.24, 2.45) is 0 Å². The highest BCUT2D eigenvalue weighted by molar-refractivity contribution is 5.78. The molecule has 1 fully saturated rings. The van der Waals surface area contributed by atoms with Crippen molar-refractivity contribution in [3.63, 3.8) is 0 Å². The van der Waals surface area contributed by atoms with E-state index in [1.54, 1.807) is 6.07 Å². The number of hydrogen-bond donors (Lipinski definition) is 1. The van der Waals surface area contributed by atoms with E-state index in [4.69, 9.17) is 4.74 Å². The summed E-state index contributed by atoms with van der Waals surface area (Å²) in [6.45, 7) is 3.91. The van der Waals surface area contributed by atoms with Gasteiger partial charge in [-0.3, -0.25) is 4.79 Å². The van der Waals surface area contributed by atoms with Crippen molar-refractivity contribution in [1.82, 2.24) is 10.2 Å². The van der Waals surface area contributed by atoms with Gasteiger partial charge in [0.2, 0.25) is 5.91 Å². The summed E-state index contributed by atoms with van der Waals surface area (Å²) in [6.07, 6.45) is 3.38. The fourth-order valence-electron chi connectivity index (χ4n) is 2.57. The van der Waals surface area contributed by atoms with Crippen molar-refractivity contribution in [2.45, 2.75) is 32.2 Å². The van der Waals surface area contributed by atoms with Gasteiger partial charge in [0.15, 0.2) is 11.6 Å². The molecule has 0 bridgehead atoms. The maximum absolute atomic E-state index is 13.7. The number of carbonyl (C=O) groups excluding carboxylic acids is 1. The van der Waals surface area contributed by atoms with Gasteiger partial charge in [-0.2, -0.15) is 0 Å². The standard InChI is InChI=1S/C16H23FN2O2/c1-12(13-6-7-15(21-2)14(17)10-13)18-11-16(20)19-8-4-3-5-9-19/h6-7,10,12,18H,3-5,8-9,11H2,1-2H3. The summed E-state index contributed by atoms with van der Waals surface area (Å²) in [7, 11) is 1.44. The normalized spacial score (nSPS) is 16.6. The van der Waals surface area contributed by atoms with E-state index in [-0.39, 0.29) is 30.1 Å². The molecule has 1 amide bonds. The quantitative estimate of drug-likeness (QED) is 0.907. The summed E-state index contributed by atoms with van der Waals surface area (Å²) in [6, 6.07) is 4.78. The minimum atomic E-state index is -0.383. The fraction of sp³-hybridized carbons (Fsp3) is 0.562. The molecule has 1 N–H and O–H groups in total. The first kappa shape index (κ1) is 15.8. The molecule has 1 aromatic carbocycles. The Kier molecular flexibility index (Phi) is 5.56. The average Bonchev–Trinajstić information content (AvgIpc) is 2.53. The van der Waals surface area contributed by atoms with Crippen molar-refractivity contribution < 1.29 is 13.9 Å². The van der Waals surface area contributed by atoms with Crippen molar-refractivity contribution in [3.8, 4) is 5.75 Å². The molecular formula is C16H23FN2O2. The maximum atomic E-state index is 13.7. The molecule has 2 rings (SSSR count). The predicted molar refractivity (Wildman–Crippen MR) is 79.8 cm³/mol. The minimum Gasteiger partial charge on any atom is -0.494 e. The van der Waals surface area contributed by atoms with E-state index < -0.39 is 0 Å². The number of nitrogens with zero attached hydrogens (tertiary/aromatic N) is 1. The Morgan fingerprint density at radius 1 is 1.38 bits per heavy atom. The Balaban J connectivity index is 1.87. The zero-order valence-electron chi connectivity index (χ0n) is 12.7. The highest BCUT2D eigenvalue weighted by Crippen LogP contribution is 2.21. The van der Waals surface area contributed by atoms with Gasteiger partial charge in [0.25, 0.3) is 0 Å². The van der Waals surface area contributed by atoms with E-state index in [9.17, 15) is 9.18 Å². The topological polar surface area (TPSA) is 41.6 Å². The van der Waals surface area contributed by atoms with E-state index in [0.29, 0.717) is 0 Å². The largest absolute Gasteiger partial charge is 0.494 e. The van der Waals surface area contributed by atoms with E-state index >= 15 is 0 Å². The van der Waals surface area contributed by atoms with Crippen LogP contribution < -0.4 is 10.1 Å². The number of halogens is 1. The lowest BCUT2D eigenvalue weighted by Gasteiger charge is -2.27. The van der Waals surface area contributed by atoms with E-state index in [2.05, 4.69) is 5.32 Å². The Bertz CT molecular complexity index is 487. The van der Waals surface area contributed by atoms with Crippen LogP contribution >= 0.6 is 0 Å². The first-order valence-corrected chi connectivity index (χ1v) is 7.46. The van der Waals surface area contributed by atoms with Gasteiger partial charge in [0, 0.05) is 19.1 Å². The zero-order chi connectivity index (χ0) is 15.2. The molecule has 1 atom stereocenters. The average molecular weight is 294 g/mol. The van der Waals surface area contributed by atoms with Gasteiger partial charge in [-0.25, -0.2) is 4.39 Å². The smallest absolute Gasteiger partial charge is 0.236 e. The molecule has 0 aromatic heterocycles. The van der Waals surface area contributed by atoms with Crippen LogP contribution in [0.25, 0.3) is 0 Å². The second-order valence-corrected chi connectivity index (χ2v) is 5.44. The molecule has 5 heteroatoms. The lowest BCUT2D eigenvalue weighted by Crippen LogP contribution is -2.41. The first-order valence-electron chi connectivity index (χ1n) is 7.46. The minimum absolute atomic E-state index is 0.0841. The van der Waals surface area contributed by atoms with Crippen LogP contribution in [0.15, 0.2) is 18.2 Å². The number of benzene rings is 1. The molecule has 0 saturated carbocycles. The summed E-state index contributed by atoms with van der Waals surface area (Å²) in [5.41, 5.74) is 0.805. The third-order valence-corrected chi connectivity index (χ3v) is 3.94. The Labute approximate surface area is 125 Å². The van der Waals surface area contributed by atoms with Gasteiger partial charge in [-0.05, 0) is 43.9 Å². The predicted octanol–water partition coefficient (Wildman–Crippen LogP) is 2.50. The summed E-state index contributed by atoms with van der Waals surface area (Å²) >= 11 is 0. The molecule has 21 heavy (non-hydrogen) atoms. The third kappa shape index (κ3) is 4.17. The summed E-state index contributed by atoms with van der Waals surface area (Å²) < 4.78 is 18.6. The molecule has 1 aliphatic rings. The number of rotatable bonds is 5. The molecule has 1 aliphatic heterocycles. The number of likely N-dealkylation sites (tertiary alicyclic amines) is 1. The fourth-order valence-corrected chi connectivity index (χ4v) is 2.57. The van der Waals surface area contributed by atoms with Gasteiger partial charge in [0.1, 0.15) is 0 Å². The number of carbonyl (C=O) groups is 1. The van der Waals surface area contributed by atoms with Crippen LogP contribution in [-0.2, 0) is 4.79 Å². The van der Waals surface area contributed by atoms with Crippen molar-refractivity contribution >= 4 is 5.91 Å². The highest BCUT2D eigenvalue weighted by Gasteiger charge is 2.17. The van der Waals surface area contributed by atoms with Crippen LogP contribution in [-0.4, -0.2) is 37.6 Å². The molecular weight excluding hydrogens is 271 g/mol. The molecule has 4 nitrogen and oxygen atoms in total. The molecule has 0 aliphatic carbocycles. The van der Waals surface area contributed by atoms with Crippen LogP contribution in [0.3, 0.4) is 0 Å². The number of methoxy groups -OCH3 is 1. The molecule has 0 spiro atoms. The summed E-state index contributed by atoms with van der Waals surface area (Å²) in [5, 5.41) is 3.16. The van der Waals surface area contributed by atoms with Gasteiger partial charge < -0.3 is 15.0 Å². The highest BCUT2D eigenvalue weighted by atomic mass is 19.1.